The minimum absolute atomic E-state index is 0.195. The molecule has 0 saturated carbocycles. The molecule has 3 aromatic heterocycles. The Bertz CT molecular complexity index is 1130. The maximum absolute atomic E-state index is 10.3. The van der Waals surface area contributed by atoms with Crippen molar-refractivity contribution in [1.82, 2.24) is 24.7 Å². The van der Waals surface area contributed by atoms with E-state index in [2.05, 4.69) is 63.5 Å². The second kappa shape index (κ2) is 8.44. The molecule has 0 aliphatic carbocycles. The molecule has 0 amide bonds. The Morgan fingerprint density at radius 1 is 1.09 bits per heavy atom. The summed E-state index contributed by atoms with van der Waals surface area (Å²) in [6, 6.07) is 4.17. The number of aliphatic hydroxyl groups excluding tert-OH is 1. The molecule has 0 radical (unpaired) electrons. The third kappa shape index (κ3) is 4.21. The Morgan fingerprint density at radius 2 is 1.88 bits per heavy atom. The van der Waals surface area contributed by atoms with Gasteiger partial charge < -0.3 is 20.2 Å². The van der Waals surface area contributed by atoms with Gasteiger partial charge in [-0.3, -0.25) is 4.68 Å². The predicted molar refractivity (Wildman–Crippen MR) is 131 cm³/mol. The van der Waals surface area contributed by atoms with Crippen LogP contribution in [0.25, 0.3) is 10.9 Å². The van der Waals surface area contributed by atoms with Crippen LogP contribution >= 0.6 is 0 Å². The van der Waals surface area contributed by atoms with Crippen molar-refractivity contribution in [2.45, 2.75) is 59.1 Å². The van der Waals surface area contributed by atoms with E-state index in [0.29, 0.717) is 24.7 Å². The van der Waals surface area contributed by atoms with Crippen molar-refractivity contribution in [3.63, 3.8) is 0 Å². The predicted octanol–water partition coefficient (Wildman–Crippen LogP) is 3.74. The summed E-state index contributed by atoms with van der Waals surface area (Å²) < 4.78 is 2.09. The van der Waals surface area contributed by atoms with Crippen molar-refractivity contribution in [1.29, 1.82) is 0 Å². The van der Waals surface area contributed by atoms with Gasteiger partial charge >= 0.3 is 0 Å². The van der Waals surface area contributed by atoms with Gasteiger partial charge in [-0.05, 0) is 39.2 Å². The maximum Gasteiger partial charge on any atom is 0.227 e. The lowest BCUT2D eigenvalue weighted by Crippen LogP contribution is -2.49. The fourth-order valence-corrected chi connectivity index (χ4v) is 4.86. The van der Waals surface area contributed by atoms with Crippen molar-refractivity contribution in [3.8, 4) is 0 Å². The van der Waals surface area contributed by atoms with Crippen molar-refractivity contribution < 1.29 is 5.11 Å². The van der Waals surface area contributed by atoms with E-state index in [1.54, 1.807) is 6.20 Å². The fourth-order valence-electron chi connectivity index (χ4n) is 4.86. The standard InChI is InChI=1S/C24H34N8O/c1-16(2)32-18-13-21(26-14-17(18)22(29-32)30-10-5-6-11-30)27-20-7-9-25-23(28-20)31-12-8-19(33)24(3,4)15-31/h7,9,13-14,16,19,33H,5-6,8,10-12,15H2,1-4H3,(H,25,26,27,28). The molecule has 2 saturated heterocycles. The fraction of sp³-hybridized carbons (Fsp3) is 0.583. The molecule has 1 atom stereocenters. The van der Waals surface area contributed by atoms with Gasteiger partial charge in [0, 0.05) is 56.1 Å². The molecule has 176 valence electrons. The molecule has 2 aliphatic rings. The Labute approximate surface area is 194 Å². The largest absolute Gasteiger partial charge is 0.392 e. The maximum atomic E-state index is 10.3. The summed E-state index contributed by atoms with van der Waals surface area (Å²) in [5.74, 6) is 3.14. The number of hydrogen-bond acceptors (Lipinski definition) is 8. The normalized spacial score (nSPS) is 20.7. The summed E-state index contributed by atoms with van der Waals surface area (Å²) in [6.45, 7) is 12.0. The molecule has 3 aromatic rings. The van der Waals surface area contributed by atoms with Gasteiger partial charge in [0.15, 0.2) is 5.82 Å². The Hall–Kier alpha value is -2.94. The van der Waals surface area contributed by atoms with Gasteiger partial charge in [0.2, 0.25) is 5.95 Å². The van der Waals surface area contributed by atoms with Crippen molar-refractivity contribution >= 4 is 34.3 Å². The van der Waals surface area contributed by atoms with E-state index >= 15 is 0 Å². The molecule has 5 heterocycles. The zero-order chi connectivity index (χ0) is 23.2. The Kier molecular flexibility index (Phi) is 5.60. The summed E-state index contributed by atoms with van der Waals surface area (Å²) in [4.78, 5) is 18.4. The van der Waals surface area contributed by atoms with Crippen LogP contribution in [0.4, 0.5) is 23.4 Å². The second-order valence-electron chi connectivity index (χ2n) is 10.2. The quantitative estimate of drug-likeness (QED) is 0.607. The molecule has 2 aliphatic heterocycles. The van der Waals surface area contributed by atoms with E-state index in [0.717, 1.165) is 42.2 Å². The molecule has 2 fully saturated rings. The van der Waals surface area contributed by atoms with Crippen molar-refractivity contribution in [2.75, 3.05) is 41.3 Å². The molecule has 0 spiro atoms. The molecule has 5 rings (SSSR count). The average Bonchev–Trinajstić information content (AvgIpc) is 3.43. The number of nitrogens with zero attached hydrogens (tertiary/aromatic N) is 7. The number of nitrogens with one attached hydrogen (secondary N) is 1. The topological polar surface area (TPSA) is 95.2 Å². The number of anilines is 4. The van der Waals surface area contributed by atoms with Gasteiger partial charge in [0.25, 0.3) is 0 Å². The highest BCUT2D eigenvalue weighted by Crippen LogP contribution is 2.33. The number of aromatic nitrogens is 5. The monoisotopic (exact) mass is 450 g/mol. The number of fused-ring (bicyclic) bond motifs is 1. The van der Waals surface area contributed by atoms with Gasteiger partial charge in [0.1, 0.15) is 11.6 Å². The van der Waals surface area contributed by atoms with Gasteiger partial charge in [-0.15, -0.1) is 0 Å². The van der Waals surface area contributed by atoms with Crippen LogP contribution in [0.15, 0.2) is 24.5 Å². The molecule has 1 unspecified atom stereocenters. The summed E-state index contributed by atoms with van der Waals surface area (Å²) in [6.07, 6.45) is 6.53. The first-order valence-electron chi connectivity index (χ1n) is 12.0. The molecule has 33 heavy (non-hydrogen) atoms. The Morgan fingerprint density at radius 3 is 2.61 bits per heavy atom. The summed E-state index contributed by atoms with van der Waals surface area (Å²) >= 11 is 0. The van der Waals surface area contributed by atoms with Crippen LogP contribution in [0.3, 0.4) is 0 Å². The molecule has 9 nitrogen and oxygen atoms in total. The highest BCUT2D eigenvalue weighted by molar-refractivity contribution is 5.92. The lowest BCUT2D eigenvalue weighted by atomic mass is 9.81. The molecular formula is C24H34N8O. The highest BCUT2D eigenvalue weighted by atomic mass is 16.3. The number of piperidine rings is 1. The number of aliphatic hydroxyl groups is 1. The van der Waals surface area contributed by atoms with E-state index in [4.69, 9.17) is 10.1 Å². The van der Waals surface area contributed by atoms with Crippen LogP contribution in [0, 0.1) is 5.41 Å². The highest BCUT2D eigenvalue weighted by Gasteiger charge is 2.35. The molecule has 0 bridgehead atoms. The van der Waals surface area contributed by atoms with Crippen molar-refractivity contribution in [2.24, 2.45) is 5.41 Å². The lowest BCUT2D eigenvalue weighted by molar-refractivity contribution is 0.0332. The van der Waals surface area contributed by atoms with E-state index in [-0.39, 0.29) is 17.6 Å². The second-order valence-corrected chi connectivity index (χ2v) is 10.2. The summed E-state index contributed by atoms with van der Waals surface area (Å²) in [7, 11) is 0. The first-order chi connectivity index (χ1) is 15.8. The van der Waals surface area contributed by atoms with E-state index in [9.17, 15) is 5.11 Å². The zero-order valence-electron chi connectivity index (χ0n) is 20.0. The third-order valence-electron chi connectivity index (χ3n) is 6.82. The molecule has 2 N–H and O–H groups in total. The van der Waals surface area contributed by atoms with E-state index in [1.807, 2.05) is 12.3 Å². The smallest absolute Gasteiger partial charge is 0.227 e. The minimum atomic E-state index is -0.303. The van der Waals surface area contributed by atoms with Gasteiger partial charge in [-0.1, -0.05) is 13.8 Å². The average molecular weight is 451 g/mol. The third-order valence-corrected chi connectivity index (χ3v) is 6.82. The molecular weight excluding hydrogens is 416 g/mol. The first kappa shape index (κ1) is 21.9. The van der Waals surface area contributed by atoms with E-state index < -0.39 is 0 Å². The number of pyridine rings is 1. The van der Waals surface area contributed by atoms with Crippen LogP contribution in [0.5, 0.6) is 0 Å². The first-order valence-corrected chi connectivity index (χ1v) is 12.0. The zero-order valence-corrected chi connectivity index (χ0v) is 20.0. The van der Waals surface area contributed by atoms with Crippen LogP contribution in [-0.2, 0) is 0 Å². The van der Waals surface area contributed by atoms with Crippen molar-refractivity contribution in [3.05, 3.63) is 24.5 Å². The van der Waals surface area contributed by atoms with Crippen LogP contribution < -0.4 is 15.1 Å². The minimum Gasteiger partial charge on any atom is -0.392 e. The van der Waals surface area contributed by atoms with Crippen LogP contribution in [0.2, 0.25) is 0 Å². The van der Waals surface area contributed by atoms with Gasteiger partial charge in [-0.2, -0.15) is 10.1 Å². The number of hydrogen-bond donors (Lipinski definition) is 2. The van der Waals surface area contributed by atoms with Gasteiger partial charge in [-0.25, -0.2) is 9.97 Å². The molecule has 9 heteroatoms. The number of rotatable bonds is 5. The van der Waals surface area contributed by atoms with Crippen LogP contribution in [-0.4, -0.2) is 62.1 Å². The summed E-state index contributed by atoms with van der Waals surface area (Å²) in [5.41, 5.74) is 0.880. The SMILES string of the molecule is CC(C)n1nc(N2CCCC2)c2cnc(Nc3ccnc(N4CCC(O)C(C)(C)C4)n3)cc21. The lowest BCUT2D eigenvalue weighted by Gasteiger charge is -2.41. The molecule has 0 aromatic carbocycles. The van der Waals surface area contributed by atoms with Gasteiger partial charge in [0.05, 0.1) is 17.0 Å². The Balaban J connectivity index is 1.41. The van der Waals surface area contributed by atoms with Crippen LogP contribution in [0.1, 0.15) is 53.0 Å². The van der Waals surface area contributed by atoms with E-state index in [1.165, 1.54) is 12.8 Å². The summed E-state index contributed by atoms with van der Waals surface area (Å²) in [5, 5.41) is 19.7.